The number of nitrogens with zero attached hydrogens (tertiary/aromatic N) is 2. The van der Waals surface area contributed by atoms with Crippen LogP contribution >= 0.6 is 22.7 Å². The molecule has 4 nitrogen and oxygen atoms in total. The summed E-state index contributed by atoms with van der Waals surface area (Å²) in [4.78, 5) is 11.8. The van der Waals surface area contributed by atoms with Gasteiger partial charge in [0.2, 0.25) is 0 Å². The minimum atomic E-state index is -0.227. The third-order valence-electron chi connectivity index (χ3n) is 2.30. The molecule has 6 heteroatoms. The van der Waals surface area contributed by atoms with E-state index in [1.54, 1.807) is 11.3 Å². The summed E-state index contributed by atoms with van der Waals surface area (Å²) < 4.78 is 5.20. The molecule has 0 N–H and O–H groups in total. The van der Waals surface area contributed by atoms with Crippen LogP contribution in [0.1, 0.15) is 28.4 Å². The Morgan fingerprint density at radius 1 is 1.53 bits per heavy atom. The van der Waals surface area contributed by atoms with E-state index < -0.39 is 0 Å². The summed E-state index contributed by atoms with van der Waals surface area (Å²) >= 11 is 3.02. The fourth-order valence-corrected chi connectivity index (χ4v) is 2.69. The van der Waals surface area contributed by atoms with Gasteiger partial charge in [-0.1, -0.05) is 11.3 Å². The smallest absolute Gasteiger partial charge is 0.313 e. The van der Waals surface area contributed by atoms with Crippen LogP contribution in [0.15, 0.2) is 16.8 Å². The van der Waals surface area contributed by atoms with Gasteiger partial charge in [-0.3, -0.25) is 4.79 Å². The number of hydrogen-bond donors (Lipinski definition) is 0. The van der Waals surface area contributed by atoms with Crippen molar-refractivity contribution in [1.29, 1.82) is 0 Å². The number of aromatic nitrogens is 2. The van der Waals surface area contributed by atoms with Gasteiger partial charge in [0.1, 0.15) is 11.6 Å². The molecule has 0 aliphatic heterocycles. The van der Waals surface area contributed by atoms with E-state index >= 15 is 0 Å². The lowest BCUT2D eigenvalue weighted by atomic mass is 10.1. The molecule has 0 aliphatic carbocycles. The highest BCUT2D eigenvalue weighted by atomic mass is 32.1. The molecule has 2 aromatic heterocycles. The molecular weight excluding hydrogens is 256 g/mol. The Morgan fingerprint density at radius 2 is 2.35 bits per heavy atom. The van der Waals surface area contributed by atoms with Gasteiger partial charge in [0, 0.05) is 0 Å². The molecule has 0 aliphatic rings. The van der Waals surface area contributed by atoms with Crippen molar-refractivity contribution in [2.24, 2.45) is 0 Å². The third-order valence-corrected chi connectivity index (χ3v) is 3.82. The molecule has 0 amide bonds. The van der Waals surface area contributed by atoms with E-state index in [0.29, 0.717) is 0 Å². The molecule has 0 saturated heterocycles. The molecule has 0 aromatic carbocycles. The molecule has 0 bridgehead atoms. The van der Waals surface area contributed by atoms with E-state index in [1.807, 2.05) is 30.7 Å². The summed E-state index contributed by atoms with van der Waals surface area (Å²) in [6.07, 6.45) is 0. The minimum Gasteiger partial charge on any atom is -0.458 e. The highest BCUT2D eigenvalue weighted by Crippen LogP contribution is 2.20. The van der Waals surface area contributed by atoms with Crippen molar-refractivity contribution in [3.63, 3.8) is 0 Å². The maximum atomic E-state index is 11.8. The van der Waals surface area contributed by atoms with Gasteiger partial charge in [-0.2, -0.15) is 11.3 Å². The molecular formula is C11H12N2O2S2. The van der Waals surface area contributed by atoms with Crippen molar-refractivity contribution in [1.82, 2.24) is 10.2 Å². The van der Waals surface area contributed by atoms with Crippen LogP contribution in [0.2, 0.25) is 0 Å². The summed E-state index contributed by atoms with van der Waals surface area (Å²) in [6.45, 7) is 3.92. The Balaban J connectivity index is 1.89. The predicted molar refractivity (Wildman–Crippen MR) is 67.2 cm³/mol. The van der Waals surface area contributed by atoms with Crippen molar-refractivity contribution >= 4 is 28.6 Å². The second kappa shape index (κ2) is 5.37. The summed E-state index contributed by atoms with van der Waals surface area (Å²) in [6, 6.07) is 1.94. The van der Waals surface area contributed by atoms with Crippen LogP contribution in [0.5, 0.6) is 0 Å². The number of aryl methyl sites for hydroxylation is 1. The standard InChI is InChI=1S/C11H12N2O2S2/c1-7(9-3-4-16-6-9)11(14)15-5-10-13-12-8(2)17-10/h3-4,6-7H,5H2,1-2H3/t7-/m0/s1. The average molecular weight is 268 g/mol. The van der Waals surface area contributed by atoms with E-state index in [2.05, 4.69) is 10.2 Å². The monoisotopic (exact) mass is 268 g/mol. The van der Waals surface area contributed by atoms with E-state index in [-0.39, 0.29) is 18.5 Å². The van der Waals surface area contributed by atoms with Crippen LogP contribution in [0, 0.1) is 6.92 Å². The van der Waals surface area contributed by atoms with Gasteiger partial charge in [-0.15, -0.1) is 10.2 Å². The number of thiophene rings is 1. The number of rotatable bonds is 4. The first-order chi connectivity index (χ1) is 8.16. The largest absolute Gasteiger partial charge is 0.458 e. The molecule has 2 heterocycles. The zero-order chi connectivity index (χ0) is 12.3. The predicted octanol–water partition coefficient (Wildman–Crippen LogP) is 2.75. The quantitative estimate of drug-likeness (QED) is 0.800. The topological polar surface area (TPSA) is 52.1 Å². The SMILES string of the molecule is Cc1nnc(COC(=O)[C@@H](C)c2ccsc2)s1. The number of ether oxygens (including phenoxy) is 1. The Labute approximate surface area is 107 Å². The van der Waals surface area contributed by atoms with Crippen molar-refractivity contribution in [2.45, 2.75) is 26.4 Å². The zero-order valence-corrected chi connectivity index (χ0v) is 11.2. The van der Waals surface area contributed by atoms with Gasteiger partial charge in [-0.25, -0.2) is 0 Å². The second-order valence-electron chi connectivity index (χ2n) is 3.60. The summed E-state index contributed by atoms with van der Waals surface area (Å²) in [7, 11) is 0. The molecule has 1 atom stereocenters. The van der Waals surface area contributed by atoms with Gasteiger partial charge in [0.05, 0.1) is 5.92 Å². The van der Waals surface area contributed by atoms with Crippen LogP contribution in [0.25, 0.3) is 0 Å². The molecule has 90 valence electrons. The summed E-state index contributed by atoms with van der Waals surface area (Å²) in [5.41, 5.74) is 0.994. The first kappa shape index (κ1) is 12.2. The fourth-order valence-electron chi connectivity index (χ4n) is 1.31. The molecule has 0 fully saturated rings. The van der Waals surface area contributed by atoms with E-state index in [1.165, 1.54) is 11.3 Å². The maximum Gasteiger partial charge on any atom is 0.313 e. The lowest BCUT2D eigenvalue weighted by Gasteiger charge is -2.08. The summed E-state index contributed by atoms with van der Waals surface area (Å²) in [5.74, 6) is -0.452. The maximum absolute atomic E-state index is 11.8. The highest BCUT2D eigenvalue weighted by Gasteiger charge is 2.17. The third kappa shape index (κ3) is 3.10. The molecule has 0 spiro atoms. The highest BCUT2D eigenvalue weighted by molar-refractivity contribution is 7.11. The van der Waals surface area contributed by atoms with Crippen molar-refractivity contribution in [3.8, 4) is 0 Å². The lowest BCUT2D eigenvalue weighted by molar-refractivity contribution is -0.146. The Hall–Kier alpha value is -1.27. The molecule has 0 saturated carbocycles. The molecule has 17 heavy (non-hydrogen) atoms. The van der Waals surface area contributed by atoms with Crippen molar-refractivity contribution < 1.29 is 9.53 Å². The van der Waals surface area contributed by atoms with Crippen LogP contribution in [0.3, 0.4) is 0 Å². The first-order valence-corrected chi connectivity index (χ1v) is 6.90. The number of carbonyl (C=O) groups excluding carboxylic acids is 1. The number of esters is 1. The van der Waals surface area contributed by atoms with Crippen molar-refractivity contribution in [2.75, 3.05) is 0 Å². The molecule has 2 aromatic rings. The number of carbonyl (C=O) groups is 1. The molecule has 0 unspecified atom stereocenters. The first-order valence-electron chi connectivity index (χ1n) is 5.14. The van der Waals surface area contributed by atoms with Crippen LogP contribution in [-0.4, -0.2) is 16.2 Å². The zero-order valence-electron chi connectivity index (χ0n) is 9.54. The van der Waals surface area contributed by atoms with Crippen LogP contribution in [-0.2, 0) is 16.1 Å². The summed E-state index contributed by atoms with van der Waals surface area (Å²) in [5, 5.41) is 13.3. The van der Waals surface area contributed by atoms with Crippen LogP contribution < -0.4 is 0 Å². The van der Waals surface area contributed by atoms with E-state index in [0.717, 1.165) is 15.6 Å². The average Bonchev–Trinajstić information content (AvgIpc) is 2.95. The van der Waals surface area contributed by atoms with Gasteiger partial charge in [0.15, 0.2) is 5.01 Å². The molecule has 0 radical (unpaired) electrons. The fraction of sp³-hybridized carbons (Fsp3) is 0.364. The van der Waals surface area contributed by atoms with E-state index in [9.17, 15) is 4.79 Å². The Kier molecular flexibility index (Phi) is 3.86. The van der Waals surface area contributed by atoms with Crippen molar-refractivity contribution in [3.05, 3.63) is 32.4 Å². The van der Waals surface area contributed by atoms with Crippen LogP contribution in [0.4, 0.5) is 0 Å². The van der Waals surface area contributed by atoms with Gasteiger partial charge in [-0.05, 0) is 36.2 Å². The normalized spacial score (nSPS) is 12.4. The second-order valence-corrected chi connectivity index (χ2v) is 5.65. The minimum absolute atomic E-state index is 0.207. The Bertz CT molecular complexity index is 493. The molecule has 2 rings (SSSR count). The lowest BCUT2D eigenvalue weighted by Crippen LogP contribution is -2.12. The van der Waals surface area contributed by atoms with E-state index in [4.69, 9.17) is 4.74 Å². The number of hydrogen-bond acceptors (Lipinski definition) is 6. The van der Waals surface area contributed by atoms with Gasteiger partial charge < -0.3 is 4.74 Å². The van der Waals surface area contributed by atoms with Gasteiger partial charge in [0.25, 0.3) is 0 Å². The van der Waals surface area contributed by atoms with Gasteiger partial charge >= 0.3 is 5.97 Å². The Morgan fingerprint density at radius 3 is 2.94 bits per heavy atom.